The topological polar surface area (TPSA) is 47.6 Å². The van der Waals surface area contributed by atoms with Crippen molar-refractivity contribution >= 4 is 0 Å². The lowest BCUT2D eigenvalue weighted by Gasteiger charge is -2.31. The van der Waals surface area contributed by atoms with E-state index in [1.807, 2.05) is 0 Å². The minimum Gasteiger partial charge on any atom is -0.198 e. The van der Waals surface area contributed by atoms with E-state index in [1.54, 1.807) is 0 Å². The molecule has 0 aromatic carbocycles. The molecule has 2 heteroatoms. The molecule has 0 radical (unpaired) electrons. The van der Waals surface area contributed by atoms with Gasteiger partial charge in [0.15, 0.2) is 0 Å². The van der Waals surface area contributed by atoms with Crippen molar-refractivity contribution in [2.45, 2.75) is 25.7 Å². The molecular formula is C8H10N2. The lowest BCUT2D eigenvalue weighted by Crippen LogP contribution is -2.22. The molecule has 0 unspecified atom stereocenters. The van der Waals surface area contributed by atoms with Crippen LogP contribution in [-0.4, -0.2) is 0 Å². The van der Waals surface area contributed by atoms with Gasteiger partial charge >= 0.3 is 0 Å². The Labute approximate surface area is 61.1 Å². The highest BCUT2D eigenvalue weighted by atomic mass is 14.4. The van der Waals surface area contributed by atoms with E-state index in [9.17, 15) is 0 Å². The summed E-state index contributed by atoms with van der Waals surface area (Å²) in [4.78, 5) is 0. The Morgan fingerprint density at radius 2 is 1.40 bits per heavy atom. The standard InChI is InChI=1S/C8H10N2/c9-3-1-7-5-8(6-7)2-4-10/h7-8H,1-2,5-6H2. The summed E-state index contributed by atoms with van der Waals surface area (Å²) in [6.45, 7) is 0. The molecule has 0 heterocycles. The molecule has 2 nitrogen and oxygen atoms in total. The second kappa shape index (κ2) is 3.22. The molecule has 52 valence electrons. The van der Waals surface area contributed by atoms with E-state index in [0.717, 1.165) is 12.8 Å². The lowest BCUT2D eigenvalue weighted by molar-refractivity contribution is 0.201. The average molecular weight is 134 g/mol. The van der Waals surface area contributed by atoms with Crippen molar-refractivity contribution in [3.05, 3.63) is 0 Å². The van der Waals surface area contributed by atoms with Crippen LogP contribution in [0.25, 0.3) is 0 Å². The van der Waals surface area contributed by atoms with E-state index >= 15 is 0 Å². The van der Waals surface area contributed by atoms with E-state index < -0.39 is 0 Å². The van der Waals surface area contributed by atoms with Crippen LogP contribution in [0.15, 0.2) is 0 Å². The Balaban J connectivity index is 2.09. The van der Waals surface area contributed by atoms with Crippen molar-refractivity contribution in [3.63, 3.8) is 0 Å². The largest absolute Gasteiger partial charge is 0.198 e. The van der Waals surface area contributed by atoms with Crippen LogP contribution in [0, 0.1) is 34.5 Å². The molecule has 0 saturated heterocycles. The van der Waals surface area contributed by atoms with Gasteiger partial charge in [0.05, 0.1) is 12.1 Å². The summed E-state index contributed by atoms with van der Waals surface area (Å²) in [6.07, 6.45) is 3.56. The Morgan fingerprint density at radius 1 is 1.00 bits per heavy atom. The molecule has 0 aromatic rings. The average Bonchev–Trinajstić information content (AvgIpc) is 1.84. The first-order valence-electron chi connectivity index (χ1n) is 3.60. The smallest absolute Gasteiger partial charge is 0.0624 e. The van der Waals surface area contributed by atoms with Gasteiger partial charge in [-0.15, -0.1) is 0 Å². The van der Waals surface area contributed by atoms with Crippen molar-refractivity contribution in [2.75, 3.05) is 0 Å². The quantitative estimate of drug-likeness (QED) is 0.578. The summed E-state index contributed by atoms with van der Waals surface area (Å²) in [5, 5.41) is 16.6. The molecule has 0 spiro atoms. The van der Waals surface area contributed by atoms with E-state index in [2.05, 4.69) is 12.1 Å². The lowest BCUT2D eigenvalue weighted by atomic mass is 9.72. The summed E-state index contributed by atoms with van der Waals surface area (Å²) in [6, 6.07) is 4.30. The number of rotatable bonds is 2. The molecular weight excluding hydrogens is 124 g/mol. The molecule has 1 aliphatic rings. The molecule has 0 aromatic heterocycles. The summed E-state index contributed by atoms with van der Waals surface area (Å²) in [5.41, 5.74) is 0. The van der Waals surface area contributed by atoms with Gasteiger partial charge in [-0.05, 0) is 24.7 Å². The molecule has 1 aliphatic carbocycles. The van der Waals surface area contributed by atoms with E-state index in [4.69, 9.17) is 10.5 Å². The van der Waals surface area contributed by atoms with Crippen LogP contribution in [-0.2, 0) is 0 Å². The fourth-order valence-electron chi connectivity index (χ4n) is 1.47. The Hall–Kier alpha value is -1.02. The van der Waals surface area contributed by atoms with Gasteiger partial charge in [0, 0.05) is 12.8 Å². The monoisotopic (exact) mass is 134 g/mol. The number of hydrogen-bond donors (Lipinski definition) is 0. The first kappa shape index (κ1) is 7.09. The van der Waals surface area contributed by atoms with Gasteiger partial charge in [-0.1, -0.05) is 0 Å². The molecule has 0 N–H and O–H groups in total. The van der Waals surface area contributed by atoms with E-state index in [0.29, 0.717) is 24.7 Å². The van der Waals surface area contributed by atoms with Crippen LogP contribution in [0.5, 0.6) is 0 Å². The summed E-state index contributed by atoms with van der Waals surface area (Å²) >= 11 is 0. The van der Waals surface area contributed by atoms with Crippen LogP contribution in [0.3, 0.4) is 0 Å². The number of nitriles is 2. The molecule has 1 rings (SSSR count). The third-order valence-electron chi connectivity index (χ3n) is 2.09. The maximum atomic E-state index is 8.30. The van der Waals surface area contributed by atoms with Crippen LogP contribution >= 0.6 is 0 Å². The molecule has 1 saturated carbocycles. The molecule has 10 heavy (non-hydrogen) atoms. The van der Waals surface area contributed by atoms with Gasteiger partial charge in [-0.3, -0.25) is 0 Å². The second-order valence-electron chi connectivity index (χ2n) is 2.93. The summed E-state index contributed by atoms with van der Waals surface area (Å²) in [7, 11) is 0. The van der Waals surface area contributed by atoms with Gasteiger partial charge in [-0.25, -0.2) is 0 Å². The van der Waals surface area contributed by atoms with E-state index in [-0.39, 0.29) is 0 Å². The zero-order chi connectivity index (χ0) is 7.40. The second-order valence-corrected chi connectivity index (χ2v) is 2.93. The first-order chi connectivity index (χ1) is 4.86. The SMILES string of the molecule is N#CCC1CC(CC#N)C1. The third kappa shape index (κ3) is 1.48. The highest BCUT2D eigenvalue weighted by Crippen LogP contribution is 2.37. The predicted octanol–water partition coefficient (Wildman–Crippen LogP) is 1.84. The Morgan fingerprint density at radius 3 is 1.70 bits per heavy atom. The fraction of sp³-hybridized carbons (Fsp3) is 0.750. The summed E-state index contributed by atoms with van der Waals surface area (Å²) < 4.78 is 0. The highest BCUT2D eigenvalue weighted by molar-refractivity contribution is 4.90. The van der Waals surface area contributed by atoms with Crippen molar-refractivity contribution < 1.29 is 0 Å². The molecule has 0 aliphatic heterocycles. The molecule has 0 atom stereocenters. The minimum atomic E-state index is 0.600. The van der Waals surface area contributed by atoms with Crippen LogP contribution in [0.4, 0.5) is 0 Å². The van der Waals surface area contributed by atoms with Gasteiger partial charge in [-0.2, -0.15) is 10.5 Å². The van der Waals surface area contributed by atoms with Crippen LogP contribution in [0.2, 0.25) is 0 Å². The number of hydrogen-bond acceptors (Lipinski definition) is 2. The minimum absolute atomic E-state index is 0.600. The van der Waals surface area contributed by atoms with Gasteiger partial charge < -0.3 is 0 Å². The number of nitrogens with zero attached hydrogens (tertiary/aromatic N) is 2. The Bertz CT molecular complexity index is 158. The molecule has 0 amide bonds. The van der Waals surface area contributed by atoms with Crippen molar-refractivity contribution in [3.8, 4) is 12.1 Å². The van der Waals surface area contributed by atoms with Gasteiger partial charge in [0.1, 0.15) is 0 Å². The van der Waals surface area contributed by atoms with Crippen molar-refractivity contribution in [1.29, 1.82) is 10.5 Å². The highest BCUT2D eigenvalue weighted by Gasteiger charge is 2.27. The maximum Gasteiger partial charge on any atom is 0.0624 e. The third-order valence-corrected chi connectivity index (χ3v) is 2.09. The van der Waals surface area contributed by atoms with Gasteiger partial charge in [0.25, 0.3) is 0 Å². The molecule has 1 fully saturated rings. The first-order valence-corrected chi connectivity index (χ1v) is 3.60. The zero-order valence-corrected chi connectivity index (χ0v) is 5.88. The normalized spacial score (nSPS) is 29.8. The summed E-state index contributed by atoms with van der Waals surface area (Å²) in [5.74, 6) is 1.20. The van der Waals surface area contributed by atoms with Crippen molar-refractivity contribution in [2.24, 2.45) is 11.8 Å². The van der Waals surface area contributed by atoms with E-state index in [1.165, 1.54) is 0 Å². The van der Waals surface area contributed by atoms with Crippen LogP contribution < -0.4 is 0 Å². The molecule has 0 bridgehead atoms. The van der Waals surface area contributed by atoms with Crippen LogP contribution in [0.1, 0.15) is 25.7 Å². The predicted molar refractivity (Wildman–Crippen MR) is 36.7 cm³/mol. The zero-order valence-electron chi connectivity index (χ0n) is 5.88. The Kier molecular flexibility index (Phi) is 2.29. The fourth-order valence-corrected chi connectivity index (χ4v) is 1.47. The van der Waals surface area contributed by atoms with Gasteiger partial charge in [0.2, 0.25) is 0 Å². The van der Waals surface area contributed by atoms with Crippen molar-refractivity contribution in [1.82, 2.24) is 0 Å². The maximum absolute atomic E-state index is 8.30.